The first kappa shape index (κ1) is 23.5. The second kappa shape index (κ2) is 8.63. The number of fused-ring (bicyclic) bond motifs is 5. The van der Waals surface area contributed by atoms with E-state index in [1.807, 2.05) is 0 Å². The van der Waals surface area contributed by atoms with Crippen molar-refractivity contribution < 1.29 is 19.4 Å². The molecule has 0 aliphatic heterocycles. The molecule has 4 aliphatic rings. The lowest BCUT2D eigenvalue weighted by atomic mass is 9.43. The largest absolute Gasteiger partial charge is 0.469 e. The molecule has 4 nitrogen and oxygen atoms in total. The maximum absolute atomic E-state index is 11.7. The third-order valence-corrected chi connectivity index (χ3v) is 11.0. The van der Waals surface area contributed by atoms with Gasteiger partial charge in [-0.15, -0.1) is 0 Å². The van der Waals surface area contributed by atoms with Crippen molar-refractivity contribution in [1.82, 2.24) is 0 Å². The average molecular weight is 435 g/mol. The normalized spacial score (nSPS) is 47.7. The zero-order chi connectivity index (χ0) is 22.4. The summed E-state index contributed by atoms with van der Waals surface area (Å²) in [5, 5.41) is 11.1. The van der Waals surface area contributed by atoms with Crippen molar-refractivity contribution >= 4 is 5.97 Å². The smallest absolute Gasteiger partial charge is 0.305 e. The van der Waals surface area contributed by atoms with Gasteiger partial charge in [-0.3, -0.25) is 4.79 Å². The molecule has 0 saturated heterocycles. The van der Waals surface area contributed by atoms with Crippen molar-refractivity contribution in [2.45, 2.75) is 97.0 Å². The molecule has 4 fully saturated rings. The quantitative estimate of drug-likeness (QED) is 0.552. The minimum Gasteiger partial charge on any atom is -0.469 e. The van der Waals surface area contributed by atoms with Gasteiger partial charge in [0.25, 0.3) is 0 Å². The van der Waals surface area contributed by atoms with Crippen LogP contribution in [-0.4, -0.2) is 37.5 Å². The van der Waals surface area contributed by atoms with Crippen LogP contribution in [-0.2, 0) is 14.3 Å². The van der Waals surface area contributed by atoms with Gasteiger partial charge in [-0.1, -0.05) is 20.8 Å². The molecule has 4 aliphatic carbocycles. The third kappa shape index (κ3) is 3.98. The molecule has 0 amide bonds. The summed E-state index contributed by atoms with van der Waals surface area (Å²) in [7, 11) is 3.22. The van der Waals surface area contributed by atoms with Crippen molar-refractivity contribution in [3.8, 4) is 0 Å². The van der Waals surface area contributed by atoms with E-state index in [1.54, 1.807) is 7.11 Å². The van der Waals surface area contributed by atoms with E-state index >= 15 is 0 Å². The molecule has 178 valence electrons. The van der Waals surface area contributed by atoms with Gasteiger partial charge < -0.3 is 14.6 Å². The highest BCUT2D eigenvalue weighted by atomic mass is 16.5. The summed E-state index contributed by atoms with van der Waals surface area (Å²) in [6.07, 6.45) is 12.5. The van der Waals surface area contributed by atoms with Gasteiger partial charge in [0.1, 0.15) is 0 Å². The summed E-state index contributed by atoms with van der Waals surface area (Å²) in [5.41, 5.74) is 0.215. The molecule has 9 atom stereocenters. The predicted molar refractivity (Wildman–Crippen MR) is 122 cm³/mol. The molecule has 0 radical (unpaired) electrons. The zero-order valence-corrected chi connectivity index (χ0v) is 20.6. The summed E-state index contributed by atoms with van der Waals surface area (Å²) < 4.78 is 10.3. The number of rotatable bonds is 6. The standard InChI is InChI=1S/C27H46O4/c1-18(6-11-24(28)31-5)21-9-10-22-20-8-7-19-16-27(29,17-30-4)15-14-25(19,2)23(20)12-13-26(21,22)3/h18-23,29H,6-17H2,1-5H3/t18-,19+,20?,21-,22?,23?,25+,26-,27-/m1/s1. The first-order chi connectivity index (χ1) is 14.7. The number of carbonyl (C=O) groups excluding carboxylic acids is 1. The summed E-state index contributed by atoms with van der Waals surface area (Å²) in [6, 6.07) is 0. The highest BCUT2D eigenvalue weighted by Crippen LogP contribution is 2.68. The Labute approximate surface area is 189 Å². The highest BCUT2D eigenvalue weighted by molar-refractivity contribution is 5.69. The number of esters is 1. The van der Waals surface area contributed by atoms with E-state index in [0.29, 0.717) is 35.7 Å². The second-order valence-electron chi connectivity index (χ2n) is 12.3. The van der Waals surface area contributed by atoms with Crippen LogP contribution in [0.15, 0.2) is 0 Å². The fourth-order valence-corrected chi connectivity index (χ4v) is 9.35. The Kier molecular flexibility index (Phi) is 6.55. The minimum atomic E-state index is -0.609. The van der Waals surface area contributed by atoms with Gasteiger partial charge in [-0.2, -0.15) is 0 Å². The number of aliphatic hydroxyl groups is 1. The van der Waals surface area contributed by atoms with Gasteiger partial charge in [0.2, 0.25) is 0 Å². The maximum Gasteiger partial charge on any atom is 0.305 e. The van der Waals surface area contributed by atoms with Crippen LogP contribution in [0.5, 0.6) is 0 Å². The van der Waals surface area contributed by atoms with Gasteiger partial charge in [0, 0.05) is 13.5 Å². The van der Waals surface area contributed by atoms with Crippen LogP contribution in [0.25, 0.3) is 0 Å². The van der Waals surface area contributed by atoms with E-state index in [9.17, 15) is 9.90 Å². The number of methoxy groups -OCH3 is 2. The molecule has 4 rings (SSSR count). The molecule has 0 heterocycles. The Hall–Kier alpha value is -0.610. The Morgan fingerprint density at radius 2 is 1.74 bits per heavy atom. The molecule has 0 aromatic rings. The molecule has 0 aromatic carbocycles. The number of hydrogen-bond donors (Lipinski definition) is 1. The summed E-state index contributed by atoms with van der Waals surface area (Å²) in [4.78, 5) is 11.7. The SMILES string of the molecule is COC[C@@]1(O)CC[C@]2(C)C3CC[C@@]4(C)C(CC[C@@H]4[C@H](C)CCC(=O)OC)C3CC[C@H]2C1. The molecule has 4 saturated carbocycles. The van der Waals surface area contributed by atoms with E-state index in [4.69, 9.17) is 9.47 Å². The van der Waals surface area contributed by atoms with E-state index in [2.05, 4.69) is 20.8 Å². The van der Waals surface area contributed by atoms with Gasteiger partial charge in [-0.05, 0) is 111 Å². The van der Waals surface area contributed by atoms with Crippen molar-refractivity contribution in [2.75, 3.05) is 20.8 Å². The van der Waals surface area contributed by atoms with Crippen molar-refractivity contribution in [3.63, 3.8) is 0 Å². The Bertz CT molecular complexity index is 664. The van der Waals surface area contributed by atoms with Crippen LogP contribution in [0.3, 0.4) is 0 Å². The topological polar surface area (TPSA) is 55.8 Å². The van der Waals surface area contributed by atoms with Gasteiger partial charge >= 0.3 is 5.97 Å². The maximum atomic E-state index is 11.7. The van der Waals surface area contributed by atoms with Crippen LogP contribution in [0.4, 0.5) is 0 Å². The summed E-state index contributed by atoms with van der Waals surface area (Å²) in [5.74, 6) is 4.43. The number of ether oxygens (including phenoxy) is 2. The lowest BCUT2D eigenvalue weighted by molar-refractivity contribution is -0.163. The van der Waals surface area contributed by atoms with Crippen LogP contribution in [0.1, 0.15) is 91.4 Å². The van der Waals surface area contributed by atoms with Crippen molar-refractivity contribution in [1.29, 1.82) is 0 Å². The first-order valence-corrected chi connectivity index (χ1v) is 12.9. The first-order valence-electron chi connectivity index (χ1n) is 12.9. The van der Waals surface area contributed by atoms with E-state index < -0.39 is 5.60 Å². The lowest BCUT2D eigenvalue weighted by Gasteiger charge is -2.62. The molecule has 0 bridgehead atoms. The lowest BCUT2D eigenvalue weighted by Crippen LogP contribution is -2.56. The van der Waals surface area contributed by atoms with Crippen molar-refractivity contribution in [2.24, 2.45) is 46.3 Å². The van der Waals surface area contributed by atoms with Gasteiger partial charge in [0.15, 0.2) is 0 Å². The number of carbonyl (C=O) groups is 1. The predicted octanol–water partition coefficient (Wildman–Crippen LogP) is 5.61. The van der Waals surface area contributed by atoms with Crippen LogP contribution >= 0.6 is 0 Å². The summed E-state index contributed by atoms with van der Waals surface area (Å²) in [6.45, 7) is 8.02. The van der Waals surface area contributed by atoms with Crippen molar-refractivity contribution in [3.05, 3.63) is 0 Å². The Morgan fingerprint density at radius 1 is 1.00 bits per heavy atom. The van der Waals surface area contributed by atoms with Crippen LogP contribution in [0, 0.1) is 46.3 Å². The van der Waals surface area contributed by atoms with Crippen LogP contribution in [0.2, 0.25) is 0 Å². The van der Waals surface area contributed by atoms with Gasteiger partial charge in [0.05, 0.1) is 19.3 Å². The van der Waals surface area contributed by atoms with E-state index in [-0.39, 0.29) is 5.97 Å². The fraction of sp³-hybridized carbons (Fsp3) is 0.963. The fourth-order valence-electron chi connectivity index (χ4n) is 9.35. The minimum absolute atomic E-state index is 0.0627. The Morgan fingerprint density at radius 3 is 2.45 bits per heavy atom. The molecule has 31 heavy (non-hydrogen) atoms. The molecule has 1 N–H and O–H groups in total. The third-order valence-electron chi connectivity index (χ3n) is 11.0. The average Bonchev–Trinajstić information content (AvgIpc) is 3.10. The molecule has 3 unspecified atom stereocenters. The zero-order valence-electron chi connectivity index (χ0n) is 20.6. The molecular weight excluding hydrogens is 388 g/mol. The molecule has 0 spiro atoms. The molecule has 4 heteroatoms. The Balaban J connectivity index is 1.47. The second-order valence-corrected chi connectivity index (χ2v) is 12.3. The van der Waals surface area contributed by atoms with E-state index in [0.717, 1.165) is 49.4 Å². The van der Waals surface area contributed by atoms with Crippen LogP contribution < -0.4 is 0 Å². The monoisotopic (exact) mass is 434 g/mol. The molecule has 0 aromatic heterocycles. The highest BCUT2D eigenvalue weighted by Gasteiger charge is 2.61. The number of hydrogen-bond acceptors (Lipinski definition) is 4. The molecular formula is C27H46O4. The van der Waals surface area contributed by atoms with E-state index in [1.165, 1.54) is 45.6 Å². The van der Waals surface area contributed by atoms with Gasteiger partial charge in [-0.25, -0.2) is 0 Å². The summed E-state index contributed by atoms with van der Waals surface area (Å²) >= 11 is 0.